The Morgan fingerprint density at radius 3 is 1.92 bits per heavy atom. The van der Waals surface area contributed by atoms with Crippen molar-refractivity contribution in [3.05, 3.63) is 83.9 Å². The number of urea groups is 1. The molecule has 1 unspecified atom stereocenters. The second kappa shape index (κ2) is 6.71. The quantitative estimate of drug-likeness (QED) is 0.808. The lowest BCUT2D eigenvalue weighted by Crippen LogP contribution is -2.56. The van der Waals surface area contributed by atoms with Gasteiger partial charge in [-0.3, -0.25) is 9.69 Å². The molecular weight excluding hydrogens is 300 g/mol. The SMILES string of the molecule is C=C1C(=O)N(Cc2ccccc2)C(=O)N(Cc2ccccc2)C1C. The van der Waals surface area contributed by atoms with Gasteiger partial charge in [0.15, 0.2) is 0 Å². The Labute approximate surface area is 142 Å². The fourth-order valence-electron chi connectivity index (χ4n) is 2.84. The normalized spacial score (nSPS) is 18.2. The van der Waals surface area contributed by atoms with Crippen LogP contribution < -0.4 is 0 Å². The van der Waals surface area contributed by atoms with Crippen LogP contribution in [0.25, 0.3) is 0 Å². The molecule has 2 aromatic rings. The number of imide groups is 1. The summed E-state index contributed by atoms with van der Waals surface area (Å²) in [4.78, 5) is 28.4. The monoisotopic (exact) mass is 320 g/mol. The maximum absolute atomic E-state index is 12.9. The molecule has 0 N–H and O–H groups in total. The fourth-order valence-corrected chi connectivity index (χ4v) is 2.84. The third-order valence-electron chi connectivity index (χ3n) is 4.35. The average molecular weight is 320 g/mol. The number of hydrogen-bond acceptors (Lipinski definition) is 2. The highest BCUT2D eigenvalue weighted by Gasteiger charge is 2.39. The van der Waals surface area contributed by atoms with Crippen LogP contribution in [0.2, 0.25) is 0 Å². The number of amides is 3. The fraction of sp³-hybridized carbons (Fsp3) is 0.200. The van der Waals surface area contributed by atoms with E-state index in [1.54, 1.807) is 4.90 Å². The van der Waals surface area contributed by atoms with E-state index in [9.17, 15) is 9.59 Å². The minimum absolute atomic E-state index is 0.259. The molecule has 0 spiro atoms. The summed E-state index contributed by atoms with van der Waals surface area (Å²) in [7, 11) is 0. The molecule has 4 nitrogen and oxygen atoms in total. The van der Waals surface area contributed by atoms with E-state index in [-0.39, 0.29) is 24.5 Å². The van der Waals surface area contributed by atoms with Crippen molar-refractivity contribution in [2.75, 3.05) is 0 Å². The van der Waals surface area contributed by atoms with Crippen molar-refractivity contribution in [2.24, 2.45) is 0 Å². The summed E-state index contributed by atoms with van der Waals surface area (Å²) in [6.07, 6.45) is 0. The maximum atomic E-state index is 12.9. The minimum Gasteiger partial charge on any atom is -0.313 e. The Morgan fingerprint density at radius 1 is 0.875 bits per heavy atom. The molecular formula is C20H20N2O2. The van der Waals surface area contributed by atoms with Gasteiger partial charge >= 0.3 is 6.03 Å². The zero-order chi connectivity index (χ0) is 17.1. The topological polar surface area (TPSA) is 40.6 Å². The molecule has 2 aromatic carbocycles. The molecule has 1 saturated heterocycles. The van der Waals surface area contributed by atoms with E-state index in [1.807, 2.05) is 67.6 Å². The molecule has 3 rings (SSSR count). The van der Waals surface area contributed by atoms with Crippen LogP contribution in [0.4, 0.5) is 4.79 Å². The van der Waals surface area contributed by atoms with Gasteiger partial charge in [0.25, 0.3) is 5.91 Å². The highest BCUT2D eigenvalue weighted by Crippen LogP contribution is 2.24. The number of carbonyl (C=O) groups excluding carboxylic acids is 2. The molecule has 24 heavy (non-hydrogen) atoms. The Balaban J connectivity index is 1.85. The highest BCUT2D eigenvalue weighted by atomic mass is 16.2. The molecule has 1 atom stereocenters. The average Bonchev–Trinajstić information content (AvgIpc) is 2.62. The van der Waals surface area contributed by atoms with Gasteiger partial charge in [-0.1, -0.05) is 67.2 Å². The van der Waals surface area contributed by atoms with Gasteiger partial charge in [0.05, 0.1) is 12.6 Å². The molecule has 4 heteroatoms. The van der Waals surface area contributed by atoms with Crippen LogP contribution in [0.5, 0.6) is 0 Å². The van der Waals surface area contributed by atoms with E-state index >= 15 is 0 Å². The summed E-state index contributed by atoms with van der Waals surface area (Å²) in [6.45, 7) is 6.47. The number of carbonyl (C=O) groups is 2. The standard InChI is InChI=1S/C20H20N2O2/c1-15-16(2)21(13-17-9-5-3-6-10-17)20(24)22(19(15)23)14-18-11-7-4-8-12-18/h3-12,16H,1,13-14H2,2H3. The Bertz CT molecular complexity index is 756. The lowest BCUT2D eigenvalue weighted by Gasteiger charge is -2.40. The van der Waals surface area contributed by atoms with Crippen LogP contribution in [0.1, 0.15) is 18.1 Å². The largest absolute Gasteiger partial charge is 0.328 e. The zero-order valence-electron chi connectivity index (χ0n) is 13.7. The van der Waals surface area contributed by atoms with Crippen LogP contribution in [-0.4, -0.2) is 27.8 Å². The van der Waals surface area contributed by atoms with Gasteiger partial charge in [-0.05, 0) is 18.1 Å². The van der Waals surface area contributed by atoms with Crippen molar-refractivity contribution in [1.82, 2.24) is 9.80 Å². The Hall–Kier alpha value is -2.88. The van der Waals surface area contributed by atoms with Gasteiger partial charge < -0.3 is 4.90 Å². The van der Waals surface area contributed by atoms with Gasteiger partial charge in [0.1, 0.15) is 0 Å². The van der Waals surface area contributed by atoms with Crippen molar-refractivity contribution in [1.29, 1.82) is 0 Å². The summed E-state index contributed by atoms with van der Waals surface area (Å²) in [5.74, 6) is -0.291. The molecule has 122 valence electrons. The molecule has 0 radical (unpaired) electrons. The van der Waals surface area contributed by atoms with E-state index in [4.69, 9.17) is 0 Å². The first-order valence-corrected chi connectivity index (χ1v) is 7.97. The summed E-state index contributed by atoms with van der Waals surface area (Å²) in [5, 5.41) is 0. The number of rotatable bonds is 4. The Kier molecular flexibility index (Phi) is 4.47. The number of hydrogen-bond donors (Lipinski definition) is 0. The molecule has 1 aliphatic rings. The van der Waals surface area contributed by atoms with Crippen molar-refractivity contribution in [2.45, 2.75) is 26.1 Å². The number of benzene rings is 2. The van der Waals surface area contributed by atoms with Gasteiger partial charge in [0, 0.05) is 12.1 Å². The van der Waals surface area contributed by atoms with Crippen LogP contribution >= 0.6 is 0 Å². The summed E-state index contributed by atoms with van der Waals surface area (Å²) < 4.78 is 0. The molecule has 0 bridgehead atoms. The first-order valence-electron chi connectivity index (χ1n) is 7.97. The summed E-state index contributed by atoms with van der Waals surface area (Å²) in [6, 6.07) is 18.7. The lowest BCUT2D eigenvalue weighted by molar-refractivity contribution is -0.127. The predicted molar refractivity (Wildman–Crippen MR) is 93.0 cm³/mol. The predicted octanol–water partition coefficient (Wildman–Crippen LogP) is 3.60. The maximum Gasteiger partial charge on any atom is 0.328 e. The van der Waals surface area contributed by atoms with E-state index < -0.39 is 0 Å². The second-order valence-electron chi connectivity index (χ2n) is 5.97. The smallest absolute Gasteiger partial charge is 0.313 e. The summed E-state index contributed by atoms with van der Waals surface area (Å²) in [5.41, 5.74) is 2.39. The van der Waals surface area contributed by atoms with Crippen molar-refractivity contribution in [3.8, 4) is 0 Å². The van der Waals surface area contributed by atoms with Crippen molar-refractivity contribution < 1.29 is 9.59 Å². The van der Waals surface area contributed by atoms with Crippen molar-refractivity contribution >= 4 is 11.9 Å². The third kappa shape index (κ3) is 3.08. The van der Waals surface area contributed by atoms with Crippen LogP contribution in [0.15, 0.2) is 72.8 Å². The summed E-state index contributed by atoms with van der Waals surface area (Å²) >= 11 is 0. The number of nitrogens with zero attached hydrogens (tertiary/aromatic N) is 2. The second-order valence-corrected chi connectivity index (χ2v) is 5.97. The highest BCUT2D eigenvalue weighted by molar-refractivity contribution is 6.07. The van der Waals surface area contributed by atoms with E-state index in [0.29, 0.717) is 12.1 Å². The first kappa shape index (κ1) is 16.0. The molecule has 1 heterocycles. The van der Waals surface area contributed by atoms with Gasteiger partial charge in [-0.25, -0.2) is 4.79 Å². The first-order chi connectivity index (χ1) is 11.6. The van der Waals surface area contributed by atoms with Gasteiger partial charge in [-0.15, -0.1) is 0 Å². The molecule has 0 saturated carbocycles. The molecule has 0 aliphatic carbocycles. The van der Waals surface area contributed by atoms with Crippen molar-refractivity contribution in [3.63, 3.8) is 0 Å². The van der Waals surface area contributed by atoms with Crippen LogP contribution in [-0.2, 0) is 17.9 Å². The lowest BCUT2D eigenvalue weighted by atomic mass is 10.0. The molecule has 1 aliphatic heterocycles. The minimum atomic E-state index is -0.308. The van der Waals surface area contributed by atoms with Crippen LogP contribution in [0.3, 0.4) is 0 Å². The zero-order valence-corrected chi connectivity index (χ0v) is 13.7. The van der Waals surface area contributed by atoms with E-state index in [2.05, 4.69) is 6.58 Å². The van der Waals surface area contributed by atoms with Crippen LogP contribution in [0, 0.1) is 0 Å². The third-order valence-corrected chi connectivity index (χ3v) is 4.35. The Morgan fingerprint density at radius 2 is 1.38 bits per heavy atom. The van der Waals surface area contributed by atoms with Gasteiger partial charge in [0.2, 0.25) is 0 Å². The van der Waals surface area contributed by atoms with E-state index in [1.165, 1.54) is 4.90 Å². The molecule has 3 amide bonds. The van der Waals surface area contributed by atoms with Gasteiger partial charge in [-0.2, -0.15) is 0 Å². The molecule has 1 fully saturated rings. The van der Waals surface area contributed by atoms with E-state index in [0.717, 1.165) is 11.1 Å². The molecule has 0 aromatic heterocycles.